The van der Waals surface area contributed by atoms with E-state index in [1.807, 2.05) is 0 Å². The Bertz CT molecular complexity index is 479. The molecule has 0 saturated carbocycles. The van der Waals surface area contributed by atoms with Gasteiger partial charge in [0.2, 0.25) is 10.0 Å². The number of primary sulfonamides is 1. The van der Waals surface area contributed by atoms with Crippen LogP contribution in [0.25, 0.3) is 0 Å². The molecule has 1 heterocycles. The van der Waals surface area contributed by atoms with Gasteiger partial charge >= 0.3 is 0 Å². The van der Waals surface area contributed by atoms with Crippen LogP contribution in [0.2, 0.25) is 0 Å². The van der Waals surface area contributed by atoms with Crippen molar-refractivity contribution in [3.8, 4) is 0 Å². The molecule has 0 atom stereocenters. The maximum absolute atomic E-state index is 11.6. The molecule has 17 heavy (non-hydrogen) atoms. The molecule has 0 bridgehead atoms. The van der Waals surface area contributed by atoms with Crippen LogP contribution in [0.1, 0.15) is 36.7 Å². The molecule has 0 unspecified atom stereocenters. The van der Waals surface area contributed by atoms with E-state index in [0.717, 1.165) is 19.3 Å². The second-order valence-corrected chi connectivity index (χ2v) is 5.32. The number of H-pyrrole nitrogens is 1. The maximum atomic E-state index is 11.6. The van der Waals surface area contributed by atoms with E-state index in [2.05, 4.69) is 17.2 Å². The standard InChI is InChI=1S/C10H17N3O3S/c1-2-3-4-5-12-10(14)9-6-8(7-13-9)17(11,15)16/h6-7,13H,2-5H2,1H3,(H,12,14)(H2,11,15,16). The summed E-state index contributed by atoms with van der Waals surface area (Å²) in [5.41, 5.74) is 0.200. The maximum Gasteiger partial charge on any atom is 0.267 e. The number of carbonyl (C=O) groups is 1. The topological polar surface area (TPSA) is 105 Å². The Balaban J connectivity index is 2.56. The Labute approximate surface area is 101 Å². The molecular weight excluding hydrogens is 242 g/mol. The highest BCUT2D eigenvalue weighted by Crippen LogP contribution is 2.08. The average Bonchev–Trinajstić information content (AvgIpc) is 2.72. The Morgan fingerprint density at radius 2 is 2.18 bits per heavy atom. The minimum Gasteiger partial charge on any atom is -0.356 e. The third-order valence-corrected chi connectivity index (χ3v) is 3.19. The van der Waals surface area contributed by atoms with Crippen molar-refractivity contribution >= 4 is 15.9 Å². The molecule has 6 nitrogen and oxygen atoms in total. The van der Waals surface area contributed by atoms with Crippen LogP contribution < -0.4 is 10.5 Å². The van der Waals surface area contributed by atoms with Gasteiger partial charge in [-0.05, 0) is 12.5 Å². The third-order valence-electron chi connectivity index (χ3n) is 2.30. The van der Waals surface area contributed by atoms with Crippen LogP contribution in [0.5, 0.6) is 0 Å². The van der Waals surface area contributed by atoms with Gasteiger partial charge in [-0.1, -0.05) is 19.8 Å². The number of hydrogen-bond acceptors (Lipinski definition) is 3. The molecule has 7 heteroatoms. The summed E-state index contributed by atoms with van der Waals surface area (Å²) in [6.07, 6.45) is 4.24. The van der Waals surface area contributed by atoms with Gasteiger partial charge in [-0.2, -0.15) is 0 Å². The van der Waals surface area contributed by atoms with Gasteiger partial charge in [-0.15, -0.1) is 0 Å². The summed E-state index contributed by atoms with van der Waals surface area (Å²) in [5.74, 6) is -0.323. The Morgan fingerprint density at radius 3 is 2.71 bits per heavy atom. The first-order chi connectivity index (χ1) is 7.95. The first-order valence-corrected chi connectivity index (χ1v) is 6.99. The lowest BCUT2D eigenvalue weighted by atomic mass is 10.2. The fraction of sp³-hybridized carbons (Fsp3) is 0.500. The number of carbonyl (C=O) groups excluding carboxylic acids is 1. The summed E-state index contributed by atoms with van der Waals surface area (Å²) in [6.45, 7) is 2.65. The normalized spacial score (nSPS) is 11.4. The molecule has 0 aromatic carbocycles. The van der Waals surface area contributed by atoms with E-state index in [0.29, 0.717) is 6.54 Å². The molecule has 0 aliphatic carbocycles. The van der Waals surface area contributed by atoms with Gasteiger partial charge < -0.3 is 10.3 Å². The second-order valence-electron chi connectivity index (χ2n) is 3.76. The van der Waals surface area contributed by atoms with Gasteiger partial charge in [-0.3, -0.25) is 4.79 Å². The van der Waals surface area contributed by atoms with Crippen LogP contribution in [0.15, 0.2) is 17.2 Å². The monoisotopic (exact) mass is 259 g/mol. The molecule has 0 aliphatic heterocycles. The zero-order chi connectivity index (χ0) is 12.9. The van der Waals surface area contributed by atoms with Crippen LogP contribution in [-0.4, -0.2) is 25.9 Å². The Kier molecular flexibility index (Phi) is 4.71. The molecule has 4 N–H and O–H groups in total. The van der Waals surface area contributed by atoms with Crippen LogP contribution >= 0.6 is 0 Å². The van der Waals surface area contributed by atoms with Crippen LogP contribution in [-0.2, 0) is 10.0 Å². The number of nitrogens with one attached hydrogen (secondary N) is 2. The lowest BCUT2D eigenvalue weighted by Gasteiger charge is -2.02. The smallest absolute Gasteiger partial charge is 0.267 e. The summed E-state index contributed by atoms with van der Waals surface area (Å²) >= 11 is 0. The quantitative estimate of drug-likeness (QED) is 0.651. The minimum atomic E-state index is -3.76. The van der Waals surface area contributed by atoms with Crippen molar-refractivity contribution in [1.29, 1.82) is 0 Å². The number of hydrogen-bond donors (Lipinski definition) is 3. The third kappa shape index (κ3) is 4.20. The molecule has 1 aromatic rings. The summed E-state index contributed by atoms with van der Waals surface area (Å²) in [5, 5.41) is 7.62. The van der Waals surface area contributed by atoms with Crippen molar-refractivity contribution in [1.82, 2.24) is 10.3 Å². The number of amides is 1. The van der Waals surface area contributed by atoms with Crippen molar-refractivity contribution in [2.75, 3.05) is 6.54 Å². The molecule has 1 aromatic heterocycles. The number of sulfonamides is 1. The van der Waals surface area contributed by atoms with Gasteiger partial charge in [0.25, 0.3) is 5.91 Å². The zero-order valence-corrected chi connectivity index (χ0v) is 10.5. The number of unbranched alkanes of at least 4 members (excludes halogenated alkanes) is 2. The van der Waals surface area contributed by atoms with Gasteiger partial charge in [0.15, 0.2) is 0 Å². The van der Waals surface area contributed by atoms with E-state index in [4.69, 9.17) is 5.14 Å². The van der Waals surface area contributed by atoms with E-state index < -0.39 is 10.0 Å². The van der Waals surface area contributed by atoms with Crippen molar-refractivity contribution < 1.29 is 13.2 Å². The Morgan fingerprint density at radius 1 is 1.47 bits per heavy atom. The fourth-order valence-electron chi connectivity index (χ4n) is 1.34. The lowest BCUT2D eigenvalue weighted by Crippen LogP contribution is -2.24. The van der Waals surface area contributed by atoms with Crippen LogP contribution in [0.4, 0.5) is 0 Å². The number of aromatic amines is 1. The first kappa shape index (κ1) is 13.7. The predicted octanol–water partition coefficient (Wildman–Crippen LogP) is 0.582. The molecule has 0 aliphatic rings. The number of nitrogens with two attached hydrogens (primary N) is 1. The molecule has 1 rings (SSSR count). The molecule has 0 saturated heterocycles. The highest BCUT2D eigenvalue weighted by Gasteiger charge is 2.13. The first-order valence-electron chi connectivity index (χ1n) is 5.44. The van der Waals surface area contributed by atoms with Crippen molar-refractivity contribution in [2.24, 2.45) is 5.14 Å². The van der Waals surface area contributed by atoms with E-state index in [9.17, 15) is 13.2 Å². The highest BCUT2D eigenvalue weighted by atomic mass is 32.2. The van der Waals surface area contributed by atoms with Crippen molar-refractivity contribution in [3.05, 3.63) is 18.0 Å². The molecule has 96 valence electrons. The van der Waals surface area contributed by atoms with Crippen LogP contribution in [0, 0.1) is 0 Å². The summed E-state index contributed by atoms with van der Waals surface area (Å²) in [7, 11) is -3.76. The van der Waals surface area contributed by atoms with Gasteiger partial charge in [-0.25, -0.2) is 13.6 Å². The lowest BCUT2D eigenvalue weighted by molar-refractivity contribution is 0.0948. The second kappa shape index (κ2) is 5.83. The van der Waals surface area contributed by atoms with Crippen molar-refractivity contribution in [3.63, 3.8) is 0 Å². The molecule has 0 radical (unpaired) electrons. The van der Waals surface area contributed by atoms with Gasteiger partial charge in [0, 0.05) is 12.7 Å². The largest absolute Gasteiger partial charge is 0.356 e. The minimum absolute atomic E-state index is 0.0868. The SMILES string of the molecule is CCCCCNC(=O)c1cc(S(N)(=O)=O)c[nH]1. The zero-order valence-electron chi connectivity index (χ0n) is 9.69. The molecule has 0 spiro atoms. The van der Waals surface area contributed by atoms with E-state index in [-0.39, 0.29) is 16.5 Å². The Hall–Kier alpha value is -1.34. The number of aromatic nitrogens is 1. The van der Waals surface area contributed by atoms with Gasteiger partial charge in [0.05, 0.1) is 4.90 Å². The summed E-state index contributed by atoms with van der Waals surface area (Å²) in [4.78, 5) is 14.1. The van der Waals surface area contributed by atoms with Crippen LogP contribution in [0.3, 0.4) is 0 Å². The van der Waals surface area contributed by atoms with Crippen molar-refractivity contribution in [2.45, 2.75) is 31.1 Å². The van der Waals surface area contributed by atoms with E-state index in [1.165, 1.54) is 12.3 Å². The molecule has 0 fully saturated rings. The number of rotatable bonds is 6. The summed E-state index contributed by atoms with van der Waals surface area (Å²) in [6, 6.07) is 1.23. The predicted molar refractivity (Wildman–Crippen MR) is 64.0 cm³/mol. The van der Waals surface area contributed by atoms with Gasteiger partial charge in [0.1, 0.15) is 5.69 Å². The average molecular weight is 259 g/mol. The molecule has 1 amide bonds. The summed E-state index contributed by atoms with van der Waals surface area (Å²) < 4.78 is 22.0. The van der Waals surface area contributed by atoms with E-state index >= 15 is 0 Å². The highest BCUT2D eigenvalue weighted by molar-refractivity contribution is 7.89. The molecular formula is C10H17N3O3S. The fourth-order valence-corrected chi connectivity index (χ4v) is 1.85. The van der Waals surface area contributed by atoms with E-state index in [1.54, 1.807) is 0 Å².